The number of hydrogen-bond acceptors (Lipinski definition) is 5. The highest BCUT2D eigenvalue weighted by Gasteiger charge is 2.39. The van der Waals surface area contributed by atoms with Gasteiger partial charge >= 0.3 is 6.09 Å². The van der Waals surface area contributed by atoms with Crippen LogP contribution in [-0.2, 0) is 9.47 Å². The summed E-state index contributed by atoms with van der Waals surface area (Å²) < 4.78 is 11.1. The number of nitrogens with one attached hydrogen (secondary N) is 1. The van der Waals surface area contributed by atoms with Crippen molar-refractivity contribution in [1.82, 2.24) is 5.32 Å². The van der Waals surface area contributed by atoms with E-state index < -0.39 is 18.3 Å². The lowest BCUT2D eigenvalue weighted by Gasteiger charge is -2.39. The lowest BCUT2D eigenvalue weighted by atomic mass is 9.78. The molecular formula is C20H38N2O4. The Morgan fingerprint density at radius 1 is 1.23 bits per heavy atom. The molecule has 2 aliphatic rings. The number of carbonyl (C=O) groups excluding carboxylic acids is 1. The van der Waals surface area contributed by atoms with Gasteiger partial charge in [-0.25, -0.2) is 4.79 Å². The molecule has 4 atom stereocenters. The number of amides is 1. The second kappa shape index (κ2) is 9.90. The Kier molecular flexibility index (Phi) is 8.17. The summed E-state index contributed by atoms with van der Waals surface area (Å²) >= 11 is 0. The summed E-state index contributed by atoms with van der Waals surface area (Å²) in [4.78, 5) is 11.4. The van der Waals surface area contributed by atoms with Gasteiger partial charge in [-0.15, -0.1) is 0 Å². The molecule has 1 amide bonds. The van der Waals surface area contributed by atoms with Crippen molar-refractivity contribution in [1.29, 1.82) is 0 Å². The lowest BCUT2D eigenvalue weighted by molar-refractivity contribution is -0.0490. The maximum Gasteiger partial charge on any atom is 0.404 e. The van der Waals surface area contributed by atoms with Gasteiger partial charge in [0.2, 0.25) is 0 Å². The number of primary amides is 1. The van der Waals surface area contributed by atoms with Crippen LogP contribution in [0.15, 0.2) is 0 Å². The van der Waals surface area contributed by atoms with Gasteiger partial charge in [0.25, 0.3) is 0 Å². The average molecular weight is 371 g/mol. The molecule has 1 saturated carbocycles. The van der Waals surface area contributed by atoms with Crippen molar-refractivity contribution >= 4 is 6.09 Å². The van der Waals surface area contributed by atoms with E-state index >= 15 is 0 Å². The third kappa shape index (κ3) is 6.71. The summed E-state index contributed by atoms with van der Waals surface area (Å²) in [5.74, 6) is 0.488. The Morgan fingerprint density at radius 2 is 1.92 bits per heavy atom. The minimum atomic E-state index is -0.809. The summed E-state index contributed by atoms with van der Waals surface area (Å²) in [5.41, 5.74) is 5.12. The quantitative estimate of drug-likeness (QED) is 0.611. The molecule has 0 aromatic heterocycles. The maximum atomic E-state index is 11.4. The molecular weight excluding hydrogens is 332 g/mol. The van der Waals surface area contributed by atoms with Crippen molar-refractivity contribution in [2.75, 3.05) is 13.2 Å². The van der Waals surface area contributed by atoms with E-state index in [1.54, 1.807) is 0 Å². The SMILES string of the molecule is CC(C)(C)C(NC[C@@H]1CCCO1)[C@@H](O)[C@H](CC1CCCCC1)OC(N)=O. The van der Waals surface area contributed by atoms with Crippen LogP contribution in [0.2, 0.25) is 0 Å². The summed E-state index contributed by atoms with van der Waals surface area (Å²) in [5, 5.41) is 14.6. The molecule has 0 aromatic rings. The fourth-order valence-electron chi connectivity index (χ4n) is 4.38. The standard InChI is InChI=1S/C20H38N2O4/c1-20(2,3)18(22-13-15-10-7-11-25-15)17(23)16(26-19(21)24)12-14-8-5-4-6-9-14/h14-18,22-23H,4-13H2,1-3H3,(H2,21,24)/t15-,16-,17-,18?/m0/s1. The number of rotatable bonds is 8. The molecule has 6 nitrogen and oxygen atoms in total. The first-order valence-electron chi connectivity index (χ1n) is 10.3. The molecule has 26 heavy (non-hydrogen) atoms. The van der Waals surface area contributed by atoms with E-state index in [0.29, 0.717) is 18.9 Å². The largest absolute Gasteiger partial charge is 0.444 e. The van der Waals surface area contributed by atoms with E-state index in [2.05, 4.69) is 26.1 Å². The number of aliphatic hydroxyl groups is 1. The van der Waals surface area contributed by atoms with Gasteiger partial charge in [0.15, 0.2) is 0 Å². The number of carbonyl (C=O) groups is 1. The van der Waals surface area contributed by atoms with Crippen molar-refractivity contribution in [3.63, 3.8) is 0 Å². The second-order valence-corrected chi connectivity index (χ2v) is 9.09. The predicted octanol–water partition coefficient (Wildman–Crippen LogP) is 2.96. The smallest absolute Gasteiger partial charge is 0.404 e. The Hall–Kier alpha value is -0.850. The van der Waals surface area contributed by atoms with Crippen LogP contribution < -0.4 is 11.1 Å². The summed E-state index contributed by atoms with van der Waals surface area (Å²) in [7, 11) is 0. The van der Waals surface area contributed by atoms with Crippen molar-refractivity contribution in [3.05, 3.63) is 0 Å². The van der Waals surface area contributed by atoms with Gasteiger partial charge in [-0.3, -0.25) is 0 Å². The second-order valence-electron chi connectivity index (χ2n) is 9.09. The fourth-order valence-corrected chi connectivity index (χ4v) is 4.38. The molecule has 4 N–H and O–H groups in total. The van der Waals surface area contributed by atoms with Gasteiger partial charge in [0.05, 0.1) is 6.10 Å². The maximum absolute atomic E-state index is 11.4. The molecule has 0 spiro atoms. The number of aliphatic hydroxyl groups excluding tert-OH is 1. The van der Waals surface area contributed by atoms with Crippen LogP contribution in [0.4, 0.5) is 4.79 Å². The molecule has 152 valence electrons. The monoisotopic (exact) mass is 370 g/mol. The first kappa shape index (κ1) is 21.5. The van der Waals surface area contributed by atoms with Crippen LogP contribution in [0.25, 0.3) is 0 Å². The van der Waals surface area contributed by atoms with Crippen LogP contribution in [0.3, 0.4) is 0 Å². The highest BCUT2D eigenvalue weighted by atomic mass is 16.6. The molecule has 1 aliphatic carbocycles. The van der Waals surface area contributed by atoms with E-state index in [4.69, 9.17) is 15.2 Å². The van der Waals surface area contributed by atoms with E-state index in [1.807, 2.05) is 0 Å². The molecule has 1 aliphatic heterocycles. The van der Waals surface area contributed by atoms with Crippen molar-refractivity contribution < 1.29 is 19.4 Å². The van der Waals surface area contributed by atoms with Gasteiger partial charge in [-0.1, -0.05) is 52.9 Å². The van der Waals surface area contributed by atoms with E-state index in [-0.39, 0.29) is 17.6 Å². The molecule has 1 unspecified atom stereocenters. The minimum absolute atomic E-state index is 0.191. The molecule has 0 aromatic carbocycles. The zero-order valence-electron chi connectivity index (χ0n) is 16.7. The molecule has 0 bridgehead atoms. The topological polar surface area (TPSA) is 93.8 Å². The minimum Gasteiger partial charge on any atom is -0.444 e. The number of nitrogens with two attached hydrogens (primary N) is 1. The molecule has 2 rings (SSSR count). The lowest BCUT2D eigenvalue weighted by Crippen LogP contribution is -2.56. The van der Waals surface area contributed by atoms with Gasteiger partial charge < -0.3 is 25.6 Å². The number of hydrogen-bond donors (Lipinski definition) is 3. The van der Waals surface area contributed by atoms with Crippen molar-refractivity contribution in [2.24, 2.45) is 17.1 Å². The van der Waals surface area contributed by atoms with E-state index in [0.717, 1.165) is 32.3 Å². The Balaban J connectivity index is 2.03. The normalized spacial score (nSPS) is 25.6. The van der Waals surface area contributed by atoms with Crippen LogP contribution in [-0.4, -0.2) is 48.7 Å². The van der Waals surface area contributed by atoms with Gasteiger partial charge in [0.1, 0.15) is 12.2 Å². The predicted molar refractivity (Wildman–Crippen MR) is 102 cm³/mol. The molecule has 0 radical (unpaired) electrons. The molecule has 1 heterocycles. The fraction of sp³-hybridized carbons (Fsp3) is 0.950. The first-order chi connectivity index (χ1) is 12.3. The van der Waals surface area contributed by atoms with Crippen LogP contribution >= 0.6 is 0 Å². The highest BCUT2D eigenvalue weighted by Crippen LogP contribution is 2.32. The van der Waals surface area contributed by atoms with Gasteiger partial charge in [-0.05, 0) is 30.6 Å². The first-order valence-corrected chi connectivity index (χ1v) is 10.3. The highest BCUT2D eigenvalue weighted by molar-refractivity contribution is 5.64. The Bertz CT molecular complexity index is 426. The van der Waals surface area contributed by atoms with Crippen LogP contribution in [0.5, 0.6) is 0 Å². The third-order valence-corrected chi connectivity index (χ3v) is 5.80. The zero-order valence-corrected chi connectivity index (χ0v) is 16.7. The van der Waals surface area contributed by atoms with Gasteiger partial charge in [-0.2, -0.15) is 0 Å². The summed E-state index contributed by atoms with van der Waals surface area (Å²) in [6, 6.07) is -0.209. The Labute approximate surface area is 158 Å². The van der Waals surface area contributed by atoms with Gasteiger partial charge in [0, 0.05) is 19.2 Å². The molecule has 1 saturated heterocycles. The molecule has 2 fully saturated rings. The summed E-state index contributed by atoms with van der Waals surface area (Å²) in [6.07, 6.45) is 6.79. The van der Waals surface area contributed by atoms with E-state index in [9.17, 15) is 9.90 Å². The van der Waals surface area contributed by atoms with E-state index in [1.165, 1.54) is 19.3 Å². The van der Waals surface area contributed by atoms with Crippen LogP contribution in [0.1, 0.15) is 72.1 Å². The van der Waals surface area contributed by atoms with Crippen LogP contribution in [0, 0.1) is 11.3 Å². The zero-order chi connectivity index (χ0) is 19.2. The average Bonchev–Trinajstić information content (AvgIpc) is 3.07. The summed E-state index contributed by atoms with van der Waals surface area (Å²) in [6.45, 7) is 7.78. The number of ether oxygens (including phenoxy) is 2. The molecule has 6 heteroatoms. The Morgan fingerprint density at radius 3 is 2.46 bits per heavy atom. The third-order valence-electron chi connectivity index (χ3n) is 5.80. The van der Waals surface area contributed by atoms with Crippen molar-refractivity contribution in [3.8, 4) is 0 Å². The van der Waals surface area contributed by atoms with Crippen molar-refractivity contribution in [2.45, 2.75) is 96.5 Å².